The van der Waals surface area contributed by atoms with Crippen molar-refractivity contribution in [3.8, 4) is 5.75 Å². The van der Waals surface area contributed by atoms with E-state index in [1.165, 1.54) is 0 Å². The van der Waals surface area contributed by atoms with Crippen LogP contribution >= 0.6 is 0 Å². The zero-order valence-electron chi connectivity index (χ0n) is 14.1. The smallest absolute Gasteiger partial charge is 0.223 e. The molecule has 2 aromatic rings. The summed E-state index contributed by atoms with van der Waals surface area (Å²) in [6, 6.07) is 5.58. The van der Waals surface area contributed by atoms with Crippen LogP contribution in [0.3, 0.4) is 0 Å². The first-order valence-electron chi connectivity index (χ1n) is 8.84. The van der Waals surface area contributed by atoms with Gasteiger partial charge in [-0.05, 0) is 42.9 Å². The molecule has 1 fully saturated rings. The van der Waals surface area contributed by atoms with Crippen LogP contribution in [0.15, 0.2) is 36.8 Å². The second-order valence-corrected chi connectivity index (χ2v) is 6.77. The molecule has 130 valence electrons. The second kappa shape index (κ2) is 6.70. The highest BCUT2D eigenvalue weighted by Gasteiger charge is 2.30. The molecule has 1 aliphatic heterocycles. The van der Waals surface area contributed by atoms with E-state index >= 15 is 0 Å². The average molecular weight is 338 g/mol. The summed E-state index contributed by atoms with van der Waals surface area (Å²) in [4.78, 5) is 23.3. The van der Waals surface area contributed by atoms with Gasteiger partial charge in [0.15, 0.2) is 0 Å². The summed E-state index contributed by atoms with van der Waals surface area (Å²) in [6.07, 6.45) is 8.45. The van der Waals surface area contributed by atoms with E-state index in [1.807, 2.05) is 12.1 Å². The van der Waals surface area contributed by atoms with Crippen molar-refractivity contribution < 1.29 is 9.90 Å². The third-order valence-electron chi connectivity index (χ3n) is 5.30. The number of hydrogen-bond donors (Lipinski definition) is 2. The van der Waals surface area contributed by atoms with Gasteiger partial charge in [-0.2, -0.15) is 0 Å². The van der Waals surface area contributed by atoms with Gasteiger partial charge in [0.2, 0.25) is 5.91 Å². The number of carbonyl (C=O) groups excluding carboxylic acids is 1. The lowest BCUT2D eigenvalue weighted by molar-refractivity contribution is -0.126. The van der Waals surface area contributed by atoms with E-state index in [-0.39, 0.29) is 17.9 Å². The van der Waals surface area contributed by atoms with Crippen LogP contribution in [0, 0.1) is 5.92 Å². The lowest BCUT2D eigenvalue weighted by Crippen LogP contribution is -2.41. The Hall–Kier alpha value is -2.63. The number of phenols is 1. The molecular weight excluding hydrogens is 316 g/mol. The van der Waals surface area contributed by atoms with Crippen molar-refractivity contribution in [1.82, 2.24) is 15.3 Å². The van der Waals surface area contributed by atoms with Crippen LogP contribution in [-0.4, -0.2) is 34.1 Å². The van der Waals surface area contributed by atoms with E-state index in [0.29, 0.717) is 5.75 Å². The van der Waals surface area contributed by atoms with Crippen molar-refractivity contribution in [2.24, 2.45) is 5.92 Å². The fraction of sp³-hybridized carbons (Fsp3) is 0.421. The Kier molecular flexibility index (Phi) is 4.26. The van der Waals surface area contributed by atoms with Crippen molar-refractivity contribution in [2.75, 3.05) is 18.0 Å². The second-order valence-electron chi connectivity index (χ2n) is 6.77. The zero-order chi connectivity index (χ0) is 17.2. The first-order valence-corrected chi connectivity index (χ1v) is 8.84. The van der Waals surface area contributed by atoms with E-state index < -0.39 is 0 Å². The number of anilines is 1. The standard InChI is InChI=1S/C19H22N4O2/c24-17-3-1-2-14-15(17)4-5-16(14)22-19(25)13-6-10-23(11-7-13)18-12-20-8-9-21-18/h1-3,8-9,12-13,16,24H,4-7,10-11H2,(H,22,25). The van der Waals surface area contributed by atoms with Crippen LogP contribution in [0.4, 0.5) is 5.82 Å². The Morgan fingerprint density at radius 2 is 2.04 bits per heavy atom. The normalized spacial score (nSPS) is 20.3. The highest BCUT2D eigenvalue weighted by atomic mass is 16.3. The maximum absolute atomic E-state index is 12.7. The number of nitrogens with one attached hydrogen (secondary N) is 1. The first-order chi connectivity index (χ1) is 12.2. The van der Waals surface area contributed by atoms with Crippen LogP contribution in [0.25, 0.3) is 0 Å². The van der Waals surface area contributed by atoms with Crippen LogP contribution in [0.1, 0.15) is 36.4 Å². The molecule has 1 unspecified atom stereocenters. The Balaban J connectivity index is 1.36. The number of amides is 1. The molecule has 0 bridgehead atoms. The molecule has 6 nitrogen and oxygen atoms in total. The summed E-state index contributed by atoms with van der Waals surface area (Å²) < 4.78 is 0. The summed E-state index contributed by atoms with van der Waals surface area (Å²) in [5.41, 5.74) is 2.04. The SMILES string of the molecule is O=C(NC1CCc2c(O)cccc21)C1CCN(c2cnccn2)CC1. The van der Waals surface area contributed by atoms with Gasteiger partial charge in [-0.3, -0.25) is 9.78 Å². The van der Waals surface area contributed by atoms with Crippen molar-refractivity contribution in [3.63, 3.8) is 0 Å². The number of rotatable bonds is 3. The minimum Gasteiger partial charge on any atom is -0.508 e. The lowest BCUT2D eigenvalue weighted by atomic mass is 9.95. The minimum absolute atomic E-state index is 0.0209. The largest absolute Gasteiger partial charge is 0.508 e. The molecule has 0 radical (unpaired) electrons. The van der Waals surface area contributed by atoms with Crippen molar-refractivity contribution in [1.29, 1.82) is 0 Å². The molecule has 0 spiro atoms. The van der Waals surface area contributed by atoms with Gasteiger partial charge < -0.3 is 15.3 Å². The predicted octanol–water partition coefficient (Wildman–Crippen LogP) is 2.20. The quantitative estimate of drug-likeness (QED) is 0.897. The molecule has 4 rings (SSSR count). The zero-order valence-corrected chi connectivity index (χ0v) is 14.1. The summed E-state index contributed by atoms with van der Waals surface area (Å²) >= 11 is 0. The topological polar surface area (TPSA) is 78.4 Å². The van der Waals surface area contributed by atoms with E-state index in [9.17, 15) is 9.90 Å². The molecule has 2 N–H and O–H groups in total. The number of aromatic hydroxyl groups is 1. The fourth-order valence-corrected chi connectivity index (χ4v) is 3.90. The minimum atomic E-state index is 0.0209. The number of aromatic nitrogens is 2. The first kappa shape index (κ1) is 15.9. The molecular formula is C19H22N4O2. The van der Waals surface area contributed by atoms with E-state index in [4.69, 9.17) is 0 Å². The molecule has 0 saturated carbocycles. The molecule has 25 heavy (non-hydrogen) atoms. The summed E-state index contributed by atoms with van der Waals surface area (Å²) in [6.45, 7) is 1.64. The molecule has 2 heterocycles. The maximum atomic E-state index is 12.7. The van der Waals surface area contributed by atoms with Gasteiger partial charge in [0, 0.05) is 31.4 Å². The van der Waals surface area contributed by atoms with E-state index in [1.54, 1.807) is 24.7 Å². The van der Waals surface area contributed by atoms with Crippen molar-refractivity contribution in [2.45, 2.75) is 31.7 Å². The number of fused-ring (bicyclic) bond motifs is 1. The van der Waals surface area contributed by atoms with Gasteiger partial charge in [0.05, 0.1) is 12.2 Å². The van der Waals surface area contributed by atoms with Gasteiger partial charge >= 0.3 is 0 Å². The maximum Gasteiger partial charge on any atom is 0.223 e. The third-order valence-corrected chi connectivity index (χ3v) is 5.30. The Bertz CT molecular complexity index is 757. The van der Waals surface area contributed by atoms with Gasteiger partial charge in [-0.15, -0.1) is 0 Å². The third kappa shape index (κ3) is 3.16. The number of benzene rings is 1. The highest BCUT2D eigenvalue weighted by Crippen LogP contribution is 2.36. The van der Waals surface area contributed by atoms with Crippen LogP contribution in [0.2, 0.25) is 0 Å². The summed E-state index contributed by atoms with van der Waals surface area (Å²) in [5, 5.41) is 13.1. The van der Waals surface area contributed by atoms with Crippen molar-refractivity contribution >= 4 is 11.7 Å². The van der Waals surface area contributed by atoms with Gasteiger partial charge in [-0.25, -0.2) is 4.98 Å². The molecule has 2 aliphatic rings. The highest BCUT2D eigenvalue weighted by molar-refractivity contribution is 5.79. The lowest BCUT2D eigenvalue weighted by Gasteiger charge is -2.32. The monoisotopic (exact) mass is 338 g/mol. The fourth-order valence-electron chi connectivity index (χ4n) is 3.90. The number of phenolic OH excluding ortho intramolecular Hbond substituents is 1. The molecule has 1 aromatic heterocycles. The number of carbonyl (C=O) groups is 1. The van der Waals surface area contributed by atoms with E-state index in [0.717, 1.165) is 55.7 Å². The summed E-state index contributed by atoms with van der Waals surface area (Å²) in [7, 11) is 0. The van der Waals surface area contributed by atoms with Gasteiger partial charge in [-0.1, -0.05) is 12.1 Å². The van der Waals surface area contributed by atoms with Crippen molar-refractivity contribution in [3.05, 3.63) is 47.9 Å². The number of hydrogen-bond acceptors (Lipinski definition) is 5. The summed E-state index contributed by atoms with van der Waals surface area (Å²) in [5.74, 6) is 1.38. The van der Waals surface area contributed by atoms with Crippen LogP contribution in [-0.2, 0) is 11.2 Å². The Morgan fingerprint density at radius 3 is 2.80 bits per heavy atom. The average Bonchev–Trinajstić information content (AvgIpc) is 3.07. The molecule has 6 heteroatoms. The molecule has 1 aromatic carbocycles. The molecule has 1 aliphatic carbocycles. The number of piperidine rings is 1. The van der Waals surface area contributed by atoms with Gasteiger partial charge in [0.25, 0.3) is 0 Å². The molecule has 1 atom stereocenters. The Morgan fingerprint density at radius 1 is 1.20 bits per heavy atom. The Labute approximate surface area is 146 Å². The molecule has 1 amide bonds. The van der Waals surface area contributed by atoms with Gasteiger partial charge in [0.1, 0.15) is 11.6 Å². The van der Waals surface area contributed by atoms with Crippen LogP contribution in [0.5, 0.6) is 5.75 Å². The number of nitrogens with zero attached hydrogens (tertiary/aromatic N) is 3. The van der Waals surface area contributed by atoms with E-state index in [2.05, 4.69) is 20.2 Å². The van der Waals surface area contributed by atoms with Crippen LogP contribution < -0.4 is 10.2 Å². The molecule has 1 saturated heterocycles. The predicted molar refractivity (Wildman–Crippen MR) is 94.3 cm³/mol.